The summed E-state index contributed by atoms with van der Waals surface area (Å²) in [5.41, 5.74) is 0.376. The quantitative estimate of drug-likeness (QED) is 0.883. The van der Waals surface area contributed by atoms with Gasteiger partial charge in [0.2, 0.25) is 0 Å². The summed E-state index contributed by atoms with van der Waals surface area (Å²) in [5, 5.41) is 8.95. The number of rotatable bonds is 4. The Bertz CT molecular complexity index is 696. The summed E-state index contributed by atoms with van der Waals surface area (Å²) in [6, 6.07) is 2.83. The second kappa shape index (κ2) is 5.32. The Hall–Kier alpha value is -1.38. The van der Waals surface area contributed by atoms with Crippen molar-refractivity contribution in [2.75, 3.05) is 4.72 Å². The third kappa shape index (κ3) is 2.96. The number of nitrogens with zero attached hydrogens (tertiary/aromatic N) is 1. The lowest BCUT2D eigenvalue weighted by molar-refractivity contribution is 0.245. The zero-order valence-electron chi connectivity index (χ0n) is 9.92. The largest absolute Gasteiger partial charge is 0.462 e. The number of aromatic nitrogens is 1. The molecule has 8 heteroatoms. The highest BCUT2D eigenvalue weighted by Gasteiger charge is 2.22. The number of furan rings is 1. The molecule has 0 fully saturated rings. The summed E-state index contributed by atoms with van der Waals surface area (Å²) in [4.78, 5) is 3.85. The van der Waals surface area contributed by atoms with Crippen molar-refractivity contribution in [1.29, 1.82) is 0 Å². The molecule has 0 aliphatic rings. The minimum absolute atomic E-state index is 0.000243. The van der Waals surface area contributed by atoms with Crippen molar-refractivity contribution in [3.8, 4) is 0 Å². The molecule has 0 saturated carbocycles. The van der Waals surface area contributed by atoms with Gasteiger partial charge in [0.05, 0.1) is 10.2 Å². The number of aliphatic hydroxyl groups is 1. The van der Waals surface area contributed by atoms with Gasteiger partial charge in [0.25, 0.3) is 10.0 Å². The standard InChI is InChI=1S/C11H11BrN2O4S/c1-7-11(4-8(6-15)18-7)19(16,17)14-10-2-3-13-5-9(10)12/h2-5,15H,6H2,1H3,(H,13,14). The average molecular weight is 347 g/mol. The van der Waals surface area contributed by atoms with Gasteiger partial charge in [-0.25, -0.2) is 8.42 Å². The monoisotopic (exact) mass is 346 g/mol. The van der Waals surface area contributed by atoms with Crippen molar-refractivity contribution >= 4 is 31.6 Å². The molecule has 0 atom stereocenters. The average Bonchev–Trinajstić information content (AvgIpc) is 2.74. The molecule has 2 aromatic heterocycles. The van der Waals surface area contributed by atoms with Gasteiger partial charge in [-0.15, -0.1) is 0 Å². The van der Waals surface area contributed by atoms with Gasteiger partial charge in [0.1, 0.15) is 23.0 Å². The lowest BCUT2D eigenvalue weighted by Crippen LogP contribution is -2.13. The van der Waals surface area contributed by atoms with Gasteiger partial charge < -0.3 is 9.52 Å². The van der Waals surface area contributed by atoms with Crippen molar-refractivity contribution in [3.63, 3.8) is 0 Å². The van der Waals surface area contributed by atoms with Crippen LogP contribution in [-0.2, 0) is 16.6 Å². The van der Waals surface area contributed by atoms with Crippen molar-refractivity contribution in [2.24, 2.45) is 0 Å². The minimum atomic E-state index is -3.77. The minimum Gasteiger partial charge on any atom is -0.462 e. The van der Waals surface area contributed by atoms with Crippen LogP contribution in [0.4, 0.5) is 5.69 Å². The molecular weight excluding hydrogens is 336 g/mol. The van der Waals surface area contributed by atoms with Gasteiger partial charge in [-0.3, -0.25) is 9.71 Å². The van der Waals surface area contributed by atoms with Crippen LogP contribution in [0.15, 0.2) is 38.3 Å². The Morgan fingerprint density at radius 3 is 2.84 bits per heavy atom. The lowest BCUT2D eigenvalue weighted by Gasteiger charge is -2.08. The summed E-state index contributed by atoms with van der Waals surface area (Å²) in [5.74, 6) is 0.424. The molecule has 2 heterocycles. The molecule has 0 spiro atoms. The molecule has 0 saturated heterocycles. The van der Waals surface area contributed by atoms with E-state index in [1.165, 1.54) is 31.5 Å². The molecule has 2 aromatic rings. The highest BCUT2D eigenvalue weighted by atomic mass is 79.9. The number of hydrogen-bond acceptors (Lipinski definition) is 5. The van der Waals surface area contributed by atoms with E-state index in [0.29, 0.717) is 10.2 Å². The molecule has 0 aromatic carbocycles. The SMILES string of the molecule is Cc1oc(CO)cc1S(=O)(=O)Nc1ccncc1Br. The maximum Gasteiger partial charge on any atom is 0.265 e. The molecule has 0 unspecified atom stereocenters. The van der Waals surface area contributed by atoms with Crippen LogP contribution in [0.1, 0.15) is 11.5 Å². The summed E-state index contributed by atoms with van der Waals surface area (Å²) in [7, 11) is -3.77. The van der Waals surface area contributed by atoms with Crippen molar-refractivity contribution in [3.05, 3.63) is 40.5 Å². The number of pyridine rings is 1. The van der Waals surface area contributed by atoms with Crippen molar-refractivity contribution in [2.45, 2.75) is 18.4 Å². The van der Waals surface area contributed by atoms with Crippen LogP contribution in [0.2, 0.25) is 0 Å². The second-order valence-corrected chi connectivity index (χ2v) is 6.26. The van der Waals surface area contributed by atoms with Gasteiger partial charge in [0.15, 0.2) is 0 Å². The number of hydrogen-bond donors (Lipinski definition) is 2. The van der Waals surface area contributed by atoms with E-state index >= 15 is 0 Å². The molecule has 6 nitrogen and oxygen atoms in total. The summed E-state index contributed by atoms with van der Waals surface area (Å²) >= 11 is 3.21. The third-order valence-electron chi connectivity index (χ3n) is 2.39. The summed E-state index contributed by atoms with van der Waals surface area (Å²) < 4.78 is 32.5. The predicted octanol–water partition coefficient (Wildman–Crippen LogP) is 2.04. The van der Waals surface area contributed by atoms with Gasteiger partial charge in [-0.05, 0) is 28.9 Å². The Kier molecular flexibility index (Phi) is 3.93. The summed E-state index contributed by atoms with van der Waals surface area (Å²) in [6.45, 7) is 1.17. The Morgan fingerprint density at radius 2 is 2.26 bits per heavy atom. The zero-order valence-corrected chi connectivity index (χ0v) is 12.3. The maximum atomic E-state index is 12.2. The van der Waals surface area contributed by atoms with Crippen LogP contribution in [0.5, 0.6) is 0 Å². The molecular formula is C11H11BrN2O4S. The summed E-state index contributed by atoms with van der Waals surface area (Å²) in [6.07, 6.45) is 2.96. The van der Waals surface area contributed by atoms with Crippen molar-refractivity contribution in [1.82, 2.24) is 4.98 Å². The fourth-order valence-electron chi connectivity index (χ4n) is 1.53. The number of nitrogens with one attached hydrogen (secondary N) is 1. The lowest BCUT2D eigenvalue weighted by atomic mass is 10.4. The van der Waals surface area contributed by atoms with Crippen molar-refractivity contribution < 1.29 is 17.9 Å². The van der Waals surface area contributed by atoms with Crippen LogP contribution >= 0.6 is 15.9 Å². The molecule has 2 rings (SSSR count). The van der Waals surface area contributed by atoms with E-state index in [-0.39, 0.29) is 23.0 Å². The topological polar surface area (TPSA) is 92.4 Å². The second-order valence-electron chi connectivity index (χ2n) is 3.75. The normalized spacial score (nSPS) is 11.5. The highest BCUT2D eigenvalue weighted by Crippen LogP contribution is 2.26. The number of aryl methyl sites for hydroxylation is 1. The van der Waals surface area contributed by atoms with E-state index in [1.807, 2.05) is 0 Å². The van der Waals surface area contributed by atoms with E-state index in [0.717, 1.165) is 0 Å². The molecule has 0 amide bonds. The first-order valence-corrected chi connectivity index (χ1v) is 7.54. The Balaban J connectivity index is 2.38. The first-order chi connectivity index (χ1) is 8.94. The fourth-order valence-corrected chi connectivity index (χ4v) is 3.29. The fraction of sp³-hybridized carbons (Fsp3) is 0.182. The van der Waals surface area contributed by atoms with Crippen LogP contribution in [0.25, 0.3) is 0 Å². The molecule has 2 N–H and O–H groups in total. The zero-order chi connectivity index (χ0) is 14.0. The van der Waals surface area contributed by atoms with Gasteiger partial charge in [-0.1, -0.05) is 0 Å². The van der Waals surface area contributed by atoms with Crippen LogP contribution in [0.3, 0.4) is 0 Å². The number of aliphatic hydroxyl groups excluding tert-OH is 1. The van der Waals surface area contributed by atoms with Crippen LogP contribution in [0, 0.1) is 6.92 Å². The highest BCUT2D eigenvalue weighted by molar-refractivity contribution is 9.10. The van der Waals surface area contributed by atoms with Gasteiger partial charge in [-0.2, -0.15) is 0 Å². The molecule has 0 radical (unpaired) electrons. The number of halogens is 1. The Labute approximate surface area is 118 Å². The predicted molar refractivity (Wildman–Crippen MR) is 72.1 cm³/mol. The van der Waals surface area contributed by atoms with E-state index in [9.17, 15) is 8.42 Å². The van der Waals surface area contributed by atoms with Gasteiger partial charge in [0, 0.05) is 18.5 Å². The maximum absolute atomic E-state index is 12.2. The first-order valence-electron chi connectivity index (χ1n) is 5.26. The van der Waals surface area contributed by atoms with E-state index in [1.54, 1.807) is 0 Å². The smallest absolute Gasteiger partial charge is 0.265 e. The van der Waals surface area contributed by atoms with Crippen LogP contribution in [-0.4, -0.2) is 18.5 Å². The van der Waals surface area contributed by atoms with Gasteiger partial charge >= 0.3 is 0 Å². The van der Waals surface area contributed by atoms with E-state index < -0.39 is 10.0 Å². The number of anilines is 1. The van der Waals surface area contributed by atoms with E-state index in [2.05, 4.69) is 25.6 Å². The van der Waals surface area contributed by atoms with E-state index in [4.69, 9.17) is 9.52 Å². The molecule has 102 valence electrons. The molecule has 19 heavy (non-hydrogen) atoms. The van der Waals surface area contributed by atoms with Crippen LogP contribution < -0.4 is 4.72 Å². The number of sulfonamides is 1. The molecule has 0 aliphatic heterocycles. The molecule has 0 bridgehead atoms. The first kappa shape index (κ1) is 14.0. The third-order valence-corrected chi connectivity index (χ3v) is 4.49. The Morgan fingerprint density at radius 1 is 1.53 bits per heavy atom. The molecule has 0 aliphatic carbocycles.